The van der Waals surface area contributed by atoms with Crippen molar-refractivity contribution in [2.24, 2.45) is 0 Å². The van der Waals surface area contributed by atoms with Crippen molar-refractivity contribution >= 4 is 12.4 Å². The number of carboxylic acids is 1. The molecule has 2 N–H and O–H groups in total. The number of carbonyl (C=O) groups excluding carboxylic acids is 1. The molecule has 0 aliphatic heterocycles. The van der Waals surface area contributed by atoms with Crippen molar-refractivity contribution in [2.45, 2.75) is 18.9 Å². The Labute approximate surface area is 88.0 Å². The predicted octanol–water partition coefficient (Wildman–Crippen LogP) is 0.929. The van der Waals surface area contributed by atoms with E-state index in [0.29, 0.717) is 0 Å². The molecule has 0 radical (unpaired) electrons. The van der Waals surface area contributed by atoms with Crippen LogP contribution in [0, 0.1) is 0 Å². The van der Waals surface area contributed by atoms with Crippen LogP contribution in [0.4, 0.5) is 0 Å². The number of carboxylic acid groups (broad SMARTS) is 1. The molecule has 5 heteroatoms. The largest absolute Gasteiger partial charge is 0.520 e. The van der Waals surface area contributed by atoms with Crippen LogP contribution in [0.1, 0.15) is 12.8 Å². The van der Waals surface area contributed by atoms with Crippen LogP contribution in [-0.4, -0.2) is 23.5 Å². The molecule has 0 aromatic carbocycles. The second-order valence-corrected chi connectivity index (χ2v) is 3.15. The number of hydrogen-bond acceptors (Lipinski definition) is 2. The maximum Gasteiger partial charge on any atom is 0.323 e. The SMILES string of the molecule is O=[C-]NC(CC1=CC=CCC=C1)C(=O)O.[Fm]. The Bertz CT molecular complexity index is 334. The van der Waals surface area contributed by atoms with E-state index in [-0.39, 0.29) is 6.42 Å². The van der Waals surface area contributed by atoms with E-state index in [1.54, 1.807) is 0 Å². The molecule has 1 atom stereocenters. The molecule has 0 bridgehead atoms. The number of nitrogens with one attached hydrogen (secondary N) is 1. The van der Waals surface area contributed by atoms with Gasteiger partial charge in [-0.1, -0.05) is 30.4 Å². The van der Waals surface area contributed by atoms with Gasteiger partial charge in [-0.3, -0.25) is 4.79 Å². The summed E-state index contributed by atoms with van der Waals surface area (Å²) >= 11 is 0. The van der Waals surface area contributed by atoms with Crippen molar-refractivity contribution in [2.75, 3.05) is 0 Å². The summed E-state index contributed by atoms with van der Waals surface area (Å²) in [6.07, 6.45) is 12.0. The van der Waals surface area contributed by atoms with Crippen molar-refractivity contribution in [3.05, 3.63) is 36.0 Å². The van der Waals surface area contributed by atoms with Crippen molar-refractivity contribution in [1.29, 1.82) is 0 Å². The van der Waals surface area contributed by atoms with Crippen LogP contribution >= 0.6 is 0 Å². The molecular formula is C11H12FmNO3-. The zero-order chi connectivity index (χ0) is 11.1. The molecule has 0 heterocycles. The topological polar surface area (TPSA) is 66.4 Å². The summed E-state index contributed by atoms with van der Waals surface area (Å²) in [5, 5.41) is 10.9. The van der Waals surface area contributed by atoms with Gasteiger partial charge in [-0.2, -0.15) is 6.41 Å². The molecule has 0 saturated carbocycles. The van der Waals surface area contributed by atoms with Crippen molar-refractivity contribution in [3.8, 4) is 0 Å². The Morgan fingerprint density at radius 3 is 2.94 bits per heavy atom. The van der Waals surface area contributed by atoms with Gasteiger partial charge in [0.25, 0.3) is 0 Å². The van der Waals surface area contributed by atoms with Gasteiger partial charge in [0, 0.05) is 6.42 Å². The van der Waals surface area contributed by atoms with Gasteiger partial charge in [-0.05, 0) is 12.0 Å². The Morgan fingerprint density at radius 1 is 1.56 bits per heavy atom. The molecule has 0 aromatic heterocycles. The zero-order valence-electron chi connectivity index (χ0n) is 8.43. The summed E-state index contributed by atoms with van der Waals surface area (Å²) in [6.45, 7) is 0. The standard InChI is InChI=1S/C11H12NO3.Fm/c13-8-12-10(11(14)15)7-9-5-3-1-2-4-6-9;/h1,3-6,10H,2,7H2,(H,12,13)(H,14,15);/q-1;. The minimum atomic E-state index is -1.05. The van der Waals surface area contributed by atoms with E-state index in [9.17, 15) is 9.59 Å². The van der Waals surface area contributed by atoms with Crippen LogP contribution in [0.3, 0.4) is 0 Å². The van der Waals surface area contributed by atoms with Gasteiger partial charge < -0.3 is 15.2 Å². The first-order chi connectivity index (χ1) is 7.24. The molecule has 0 aromatic rings. The van der Waals surface area contributed by atoms with Gasteiger partial charge in [0.15, 0.2) is 0 Å². The maximum atomic E-state index is 10.7. The van der Waals surface area contributed by atoms with E-state index in [1.807, 2.05) is 30.4 Å². The average molecular weight is 463 g/mol. The molecule has 16 heavy (non-hydrogen) atoms. The first-order valence-corrected chi connectivity index (χ1v) is 4.61. The average Bonchev–Trinajstić information content (AvgIpc) is 2.45. The molecule has 0 fully saturated rings. The number of hydrogen-bond donors (Lipinski definition) is 2. The Morgan fingerprint density at radius 2 is 2.31 bits per heavy atom. The van der Waals surface area contributed by atoms with Gasteiger partial charge in [0.1, 0.15) is 6.04 Å². The molecule has 1 amide bonds. The molecule has 1 aliphatic carbocycles. The number of rotatable bonds is 5. The fourth-order valence-corrected chi connectivity index (χ4v) is 1.27. The summed E-state index contributed by atoms with van der Waals surface area (Å²) in [5.41, 5.74) is 0.874. The minimum absolute atomic E-state index is 0. The summed E-state index contributed by atoms with van der Waals surface area (Å²) < 4.78 is 0. The number of aliphatic carboxylic acids is 1. The molecule has 0 saturated heterocycles. The third-order valence-electron chi connectivity index (χ3n) is 2.02. The smallest absolute Gasteiger partial charge is 0.323 e. The normalized spacial score (nSPS) is 15.4. The fraction of sp³-hybridized carbons (Fsp3) is 0.273. The fourth-order valence-electron chi connectivity index (χ4n) is 1.27. The van der Waals surface area contributed by atoms with E-state index < -0.39 is 12.0 Å². The molecule has 1 aliphatic rings. The van der Waals surface area contributed by atoms with Crippen LogP contribution in [0.5, 0.6) is 0 Å². The van der Waals surface area contributed by atoms with Crippen molar-refractivity contribution in [3.63, 3.8) is 0 Å². The van der Waals surface area contributed by atoms with Crippen LogP contribution in [0.2, 0.25) is 0 Å². The number of amides is 1. The third-order valence-corrected chi connectivity index (χ3v) is 2.02. The van der Waals surface area contributed by atoms with E-state index in [2.05, 4.69) is 5.32 Å². The van der Waals surface area contributed by atoms with Gasteiger partial charge in [-0.25, -0.2) is 0 Å². The van der Waals surface area contributed by atoms with Crippen LogP contribution in [-0.2, 0) is 9.59 Å². The van der Waals surface area contributed by atoms with Gasteiger partial charge in [0.05, 0.1) is 0 Å². The maximum absolute atomic E-state index is 10.7. The molecular weight excluding hydrogens is 451 g/mol. The van der Waals surface area contributed by atoms with E-state index in [1.165, 1.54) is 6.41 Å². The van der Waals surface area contributed by atoms with Gasteiger partial charge in [0.2, 0.25) is 0 Å². The van der Waals surface area contributed by atoms with Gasteiger partial charge in [-0.15, -0.1) is 0 Å². The quantitative estimate of drug-likeness (QED) is 0.471. The minimum Gasteiger partial charge on any atom is -0.520 e. The second-order valence-electron chi connectivity index (χ2n) is 3.15. The zero-order valence-corrected chi connectivity index (χ0v) is 10.8. The summed E-state index contributed by atoms with van der Waals surface area (Å²) in [7, 11) is 0. The second kappa shape index (κ2) is 6.59. The summed E-state index contributed by atoms with van der Waals surface area (Å²) in [4.78, 5) is 20.8. The van der Waals surface area contributed by atoms with Crippen LogP contribution in [0.15, 0.2) is 36.0 Å². The van der Waals surface area contributed by atoms with E-state index >= 15 is 0 Å². The molecule has 0 spiro atoms. The van der Waals surface area contributed by atoms with Crippen molar-refractivity contribution < 1.29 is 14.7 Å². The van der Waals surface area contributed by atoms with Crippen LogP contribution in [0.25, 0.3) is 0 Å². The van der Waals surface area contributed by atoms with E-state index in [0.717, 1.165) is 12.0 Å². The molecule has 92 valence electrons. The van der Waals surface area contributed by atoms with Crippen molar-refractivity contribution in [1.82, 2.24) is 5.32 Å². The molecule has 1 unspecified atom stereocenters. The third kappa shape index (κ3) is 3.91. The van der Waals surface area contributed by atoms with E-state index in [4.69, 9.17) is 5.11 Å². The monoisotopic (exact) mass is 463 g/mol. The first kappa shape index (κ1) is 13.2. The Kier molecular flexibility index (Phi) is 5.42. The molecule has 1 rings (SSSR count). The van der Waals surface area contributed by atoms with Crippen LogP contribution < -0.4 is 5.32 Å². The Hall–Kier alpha value is -2.84. The first-order valence-electron chi connectivity index (χ1n) is 4.61. The number of carbonyl (C=O) groups is 1. The molecule has 4 nitrogen and oxygen atoms in total. The summed E-state index contributed by atoms with van der Waals surface area (Å²) in [6, 6.07) is -0.912. The van der Waals surface area contributed by atoms with Gasteiger partial charge >= 0.3 is 5.97 Å². The summed E-state index contributed by atoms with van der Waals surface area (Å²) in [5.74, 6) is -1.05. The Balaban J connectivity index is 0.00000225. The number of allylic oxidation sites excluding steroid dienone is 5. The predicted molar refractivity (Wildman–Crippen MR) is 55.9 cm³/mol.